The number of hydrogen-bond acceptors (Lipinski definition) is 4. The van der Waals surface area contributed by atoms with Gasteiger partial charge < -0.3 is 5.32 Å². The van der Waals surface area contributed by atoms with E-state index in [1.54, 1.807) is 16.7 Å². The molecule has 0 aliphatic rings. The number of halogens is 1. The molecule has 1 atom stereocenters. The fourth-order valence-electron chi connectivity index (χ4n) is 2.17. The van der Waals surface area contributed by atoms with Crippen molar-refractivity contribution in [3.63, 3.8) is 0 Å². The maximum atomic E-state index is 11.9. The lowest BCUT2D eigenvalue weighted by Gasteiger charge is -2.15. The number of nitrogens with zero attached hydrogens (tertiary/aromatic N) is 2. The van der Waals surface area contributed by atoms with Crippen molar-refractivity contribution in [3.05, 3.63) is 68.5 Å². The van der Waals surface area contributed by atoms with Gasteiger partial charge in [-0.2, -0.15) is 0 Å². The lowest BCUT2D eigenvalue weighted by atomic mass is 10.1. The second-order valence-electron chi connectivity index (χ2n) is 4.77. The molecule has 0 aliphatic heterocycles. The van der Waals surface area contributed by atoms with Crippen LogP contribution in [0.5, 0.6) is 0 Å². The highest BCUT2D eigenvalue weighted by Gasteiger charge is 2.09. The lowest BCUT2D eigenvalue weighted by molar-refractivity contribution is 0.567. The summed E-state index contributed by atoms with van der Waals surface area (Å²) in [4.78, 5) is 17.1. The highest BCUT2D eigenvalue weighted by Crippen LogP contribution is 2.22. The topological polar surface area (TPSA) is 46.4 Å². The summed E-state index contributed by atoms with van der Waals surface area (Å²) in [5, 5.41) is 5.94. The van der Waals surface area contributed by atoms with Crippen molar-refractivity contribution in [2.24, 2.45) is 0 Å². The van der Waals surface area contributed by atoms with E-state index in [1.807, 2.05) is 36.6 Å². The van der Waals surface area contributed by atoms with Gasteiger partial charge >= 0.3 is 0 Å². The Balaban J connectivity index is 1.77. The largest absolute Gasteiger partial charge is 0.305 e. The minimum atomic E-state index is -0.0524. The lowest BCUT2D eigenvalue weighted by Crippen LogP contribution is -2.21. The first-order valence-corrected chi connectivity index (χ1v) is 7.84. The van der Waals surface area contributed by atoms with Crippen LogP contribution < -0.4 is 10.9 Å². The molecule has 1 N–H and O–H groups in total. The summed E-state index contributed by atoms with van der Waals surface area (Å²) in [6.45, 7) is 2.56. The van der Waals surface area contributed by atoms with Gasteiger partial charge in [0, 0.05) is 35.3 Å². The normalized spacial score (nSPS) is 12.7. The standard InChI is InChI=1S/C15H14ClN3OS/c1-10(12-4-2-3-5-13(12)16)17-9-11-8-14(20)19-6-7-21-15(19)18-11/h2-8,10,17H,9H2,1H3/t10-/m1/s1. The van der Waals surface area contributed by atoms with Crippen LogP contribution >= 0.6 is 22.9 Å². The molecule has 0 aliphatic carbocycles. The van der Waals surface area contributed by atoms with Crippen molar-refractivity contribution >= 4 is 27.9 Å². The predicted octanol–water partition coefficient (Wildman–Crippen LogP) is 3.26. The summed E-state index contributed by atoms with van der Waals surface area (Å²) in [5.74, 6) is 0. The third kappa shape index (κ3) is 3.00. The molecule has 1 aromatic carbocycles. The maximum Gasteiger partial charge on any atom is 0.258 e. The first kappa shape index (κ1) is 14.3. The van der Waals surface area contributed by atoms with E-state index in [2.05, 4.69) is 10.3 Å². The summed E-state index contributed by atoms with van der Waals surface area (Å²) in [6, 6.07) is 9.38. The van der Waals surface area contributed by atoms with E-state index in [1.165, 1.54) is 11.3 Å². The van der Waals surface area contributed by atoms with Gasteiger partial charge in [0.25, 0.3) is 5.56 Å². The number of hydrogen-bond donors (Lipinski definition) is 1. The molecule has 3 rings (SSSR count). The van der Waals surface area contributed by atoms with Crippen molar-refractivity contribution in [2.75, 3.05) is 0 Å². The highest BCUT2D eigenvalue weighted by molar-refractivity contribution is 7.15. The fraction of sp³-hybridized carbons (Fsp3) is 0.200. The molecule has 108 valence electrons. The quantitative estimate of drug-likeness (QED) is 0.803. The molecule has 0 unspecified atom stereocenters. The highest BCUT2D eigenvalue weighted by atomic mass is 35.5. The van der Waals surface area contributed by atoms with Crippen LogP contribution in [-0.4, -0.2) is 9.38 Å². The second kappa shape index (κ2) is 5.97. The molecule has 6 heteroatoms. The Morgan fingerprint density at radius 3 is 3.05 bits per heavy atom. The first-order chi connectivity index (χ1) is 10.1. The summed E-state index contributed by atoms with van der Waals surface area (Å²) < 4.78 is 1.55. The summed E-state index contributed by atoms with van der Waals surface area (Å²) in [6.07, 6.45) is 1.74. The van der Waals surface area contributed by atoms with Gasteiger partial charge in [0.05, 0.1) is 5.69 Å². The van der Waals surface area contributed by atoms with Crippen molar-refractivity contribution in [2.45, 2.75) is 19.5 Å². The van der Waals surface area contributed by atoms with Crippen molar-refractivity contribution in [1.82, 2.24) is 14.7 Å². The molecule has 2 aromatic heterocycles. The molecule has 3 aromatic rings. The van der Waals surface area contributed by atoms with Crippen LogP contribution in [0.2, 0.25) is 5.02 Å². The molecule has 21 heavy (non-hydrogen) atoms. The Kier molecular flexibility index (Phi) is 4.05. The Labute approximate surface area is 131 Å². The molecule has 2 heterocycles. The van der Waals surface area contributed by atoms with Crippen LogP contribution in [0.25, 0.3) is 4.96 Å². The zero-order chi connectivity index (χ0) is 14.8. The van der Waals surface area contributed by atoms with Gasteiger partial charge in [-0.25, -0.2) is 4.98 Å². The van der Waals surface area contributed by atoms with E-state index in [-0.39, 0.29) is 11.6 Å². The monoisotopic (exact) mass is 319 g/mol. The van der Waals surface area contributed by atoms with E-state index in [0.29, 0.717) is 11.5 Å². The zero-order valence-electron chi connectivity index (χ0n) is 11.4. The second-order valence-corrected chi connectivity index (χ2v) is 6.05. The van der Waals surface area contributed by atoms with E-state index in [9.17, 15) is 4.79 Å². The summed E-state index contributed by atoms with van der Waals surface area (Å²) in [7, 11) is 0. The van der Waals surface area contributed by atoms with Crippen LogP contribution in [0.1, 0.15) is 24.2 Å². The smallest absolute Gasteiger partial charge is 0.258 e. The molecule has 0 fully saturated rings. The van der Waals surface area contributed by atoms with Crippen molar-refractivity contribution in [3.8, 4) is 0 Å². The molecule has 0 bridgehead atoms. The first-order valence-electron chi connectivity index (χ1n) is 6.59. The van der Waals surface area contributed by atoms with Gasteiger partial charge in [0.1, 0.15) is 0 Å². The third-order valence-corrected chi connectivity index (χ3v) is 4.42. The molecule has 0 radical (unpaired) electrons. The Bertz CT molecular complexity index is 827. The number of fused-ring (bicyclic) bond motifs is 1. The molecule has 0 amide bonds. The summed E-state index contributed by atoms with van der Waals surface area (Å²) in [5.41, 5.74) is 1.72. The zero-order valence-corrected chi connectivity index (χ0v) is 13.0. The minimum absolute atomic E-state index is 0.0524. The van der Waals surface area contributed by atoms with Gasteiger partial charge in [0.15, 0.2) is 4.96 Å². The van der Waals surface area contributed by atoms with Gasteiger partial charge in [0.2, 0.25) is 0 Å². The number of thiazole rings is 1. The van der Waals surface area contributed by atoms with Gasteiger partial charge in [-0.1, -0.05) is 29.8 Å². The van der Waals surface area contributed by atoms with Gasteiger partial charge in [-0.15, -0.1) is 11.3 Å². The average Bonchev–Trinajstić information content (AvgIpc) is 2.94. The fourth-order valence-corrected chi connectivity index (χ4v) is 3.21. The molecule has 0 spiro atoms. The van der Waals surface area contributed by atoms with Crippen molar-refractivity contribution < 1.29 is 0 Å². The Morgan fingerprint density at radius 2 is 2.24 bits per heavy atom. The minimum Gasteiger partial charge on any atom is -0.305 e. The van der Waals surface area contributed by atoms with E-state index in [4.69, 9.17) is 11.6 Å². The van der Waals surface area contributed by atoms with Crippen LogP contribution in [0.3, 0.4) is 0 Å². The van der Waals surface area contributed by atoms with Gasteiger partial charge in [-0.3, -0.25) is 9.20 Å². The Morgan fingerprint density at radius 1 is 1.43 bits per heavy atom. The molecule has 4 nitrogen and oxygen atoms in total. The molecular formula is C15H14ClN3OS. The summed E-state index contributed by atoms with van der Waals surface area (Å²) >= 11 is 7.63. The van der Waals surface area contributed by atoms with Crippen LogP contribution in [-0.2, 0) is 6.54 Å². The number of rotatable bonds is 4. The SMILES string of the molecule is C[C@@H](NCc1cc(=O)n2ccsc2n1)c1ccccc1Cl. The number of nitrogens with one attached hydrogen (secondary N) is 1. The predicted molar refractivity (Wildman–Crippen MR) is 86.0 cm³/mol. The number of benzene rings is 1. The van der Waals surface area contributed by atoms with Crippen LogP contribution in [0.4, 0.5) is 0 Å². The van der Waals surface area contributed by atoms with Gasteiger partial charge in [-0.05, 0) is 18.6 Å². The number of aromatic nitrogens is 2. The van der Waals surface area contributed by atoms with E-state index in [0.717, 1.165) is 16.3 Å². The molecule has 0 saturated carbocycles. The average molecular weight is 320 g/mol. The van der Waals surface area contributed by atoms with Crippen LogP contribution in [0, 0.1) is 0 Å². The molecular weight excluding hydrogens is 306 g/mol. The van der Waals surface area contributed by atoms with E-state index >= 15 is 0 Å². The third-order valence-electron chi connectivity index (χ3n) is 3.32. The molecule has 0 saturated heterocycles. The van der Waals surface area contributed by atoms with E-state index < -0.39 is 0 Å². The van der Waals surface area contributed by atoms with Crippen LogP contribution in [0.15, 0.2) is 46.7 Å². The Hall–Kier alpha value is -1.69. The maximum absolute atomic E-state index is 11.9. The van der Waals surface area contributed by atoms with Crippen molar-refractivity contribution in [1.29, 1.82) is 0 Å².